The van der Waals surface area contributed by atoms with E-state index in [1.165, 1.54) is 12.1 Å². The number of nitro benzene ring substituents is 1. The SMILES string of the molecule is [N-]=[N+]=N[N+]1([O-])C(=O)CC(C(=O)CCCCCN)(c2ccccc2[N+](=O)[O-])C1=O. The average Bonchev–Trinajstić information content (AvgIpc) is 2.87. The maximum absolute atomic E-state index is 13.0. The lowest BCUT2D eigenvalue weighted by atomic mass is 9.73. The van der Waals surface area contributed by atoms with E-state index in [9.17, 15) is 29.7 Å². The van der Waals surface area contributed by atoms with E-state index < -0.39 is 44.8 Å². The summed E-state index contributed by atoms with van der Waals surface area (Å²) in [6, 6.07) is 4.92. The van der Waals surface area contributed by atoms with E-state index in [-0.39, 0.29) is 12.0 Å². The zero-order valence-corrected chi connectivity index (χ0v) is 14.8. The van der Waals surface area contributed by atoms with Crippen LogP contribution in [-0.4, -0.2) is 33.8 Å². The van der Waals surface area contributed by atoms with Gasteiger partial charge >= 0.3 is 11.8 Å². The van der Waals surface area contributed by atoms with Gasteiger partial charge in [0, 0.05) is 18.0 Å². The van der Waals surface area contributed by atoms with Crippen molar-refractivity contribution in [1.82, 2.24) is 0 Å². The molecule has 2 amide bonds. The molecule has 2 rings (SSSR count). The summed E-state index contributed by atoms with van der Waals surface area (Å²) in [5, 5.41) is 26.8. The molecular weight excluding hydrogens is 372 g/mol. The molecule has 1 aliphatic rings. The molecule has 1 heterocycles. The Morgan fingerprint density at radius 3 is 2.61 bits per heavy atom. The first-order chi connectivity index (χ1) is 13.3. The Balaban J connectivity index is 2.63. The van der Waals surface area contributed by atoms with Crippen molar-refractivity contribution in [3.8, 4) is 0 Å². The molecule has 28 heavy (non-hydrogen) atoms. The largest absolute Gasteiger partial charge is 0.602 e. The van der Waals surface area contributed by atoms with Crippen LogP contribution in [0.5, 0.6) is 0 Å². The minimum atomic E-state index is -2.54. The zero-order chi connectivity index (χ0) is 20.9. The molecule has 0 aromatic heterocycles. The Kier molecular flexibility index (Phi) is 6.21. The number of nitro groups is 1. The summed E-state index contributed by atoms with van der Waals surface area (Å²) in [5.41, 5.74) is 10.7. The number of rotatable bonds is 9. The molecule has 1 saturated heterocycles. The van der Waals surface area contributed by atoms with Crippen molar-refractivity contribution in [2.75, 3.05) is 6.54 Å². The van der Waals surface area contributed by atoms with E-state index in [0.717, 1.165) is 12.1 Å². The van der Waals surface area contributed by atoms with Crippen LogP contribution in [0.25, 0.3) is 10.4 Å². The number of ketones is 1. The van der Waals surface area contributed by atoms with Crippen molar-refractivity contribution in [3.05, 3.63) is 55.6 Å². The summed E-state index contributed by atoms with van der Waals surface area (Å²) >= 11 is 0. The lowest BCUT2D eigenvalue weighted by Crippen LogP contribution is -2.49. The summed E-state index contributed by atoms with van der Waals surface area (Å²) in [5.74, 6) is -3.69. The molecule has 1 aliphatic heterocycles. The van der Waals surface area contributed by atoms with Gasteiger partial charge in [-0.1, -0.05) is 24.6 Å². The molecule has 2 unspecified atom stereocenters. The minimum Gasteiger partial charge on any atom is -0.602 e. The zero-order valence-electron chi connectivity index (χ0n) is 14.8. The summed E-state index contributed by atoms with van der Waals surface area (Å²) in [6.07, 6.45) is 0.403. The molecule has 0 spiro atoms. The molecule has 0 bridgehead atoms. The summed E-state index contributed by atoms with van der Waals surface area (Å²) in [6.45, 7) is 0.401. The smallest absolute Gasteiger partial charge is 0.355 e. The van der Waals surface area contributed by atoms with Crippen LogP contribution in [0.1, 0.15) is 37.7 Å². The number of hydrogen-bond acceptors (Lipinski definition) is 8. The third-order valence-corrected chi connectivity index (χ3v) is 4.71. The second-order valence-electron chi connectivity index (χ2n) is 6.33. The molecule has 12 nitrogen and oxygen atoms in total. The average molecular weight is 390 g/mol. The molecule has 0 saturated carbocycles. The van der Waals surface area contributed by atoms with E-state index in [0.29, 0.717) is 25.8 Å². The van der Waals surface area contributed by atoms with Crippen molar-refractivity contribution in [2.24, 2.45) is 11.0 Å². The molecule has 1 fully saturated rings. The topological polar surface area (TPSA) is 192 Å². The van der Waals surface area contributed by atoms with Gasteiger partial charge < -0.3 is 10.9 Å². The Bertz CT molecular complexity index is 882. The number of hydrogen-bond donors (Lipinski definition) is 1. The Hall–Kier alpha value is -3.18. The van der Waals surface area contributed by atoms with Gasteiger partial charge in [-0.25, -0.2) is 9.59 Å². The Morgan fingerprint density at radius 2 is 2.00 bits per heavy atom. The number of nitrogens with zero attached hydrogens (tertiary/aromatic N) is 5. The van der Waals surface area contributed by atoms with Gasteiger partial charge in [-0.3, -0.25) is 14.9 Å². The number of hydroxylamine groups is 2. The number of carbonyl (C=O) groups excluding carboxylic acids is 3. The number of carbonyl (C=O) groups is 3. The van der Waals surface area contributed by atoms with E-state index in [4.69, 9.17) is 11.3 Å². The second kappa shape index (κ2) is 8.23. The number of azide groups is 1. The van der Waals surface area contributed by atoms with Crippen LogP contribution in [0.2, 0.25) is 0 Å². The van der Waals surface area contributed by atoms with Crippen molar-refractivity contribution < 1.29 is 24.1 Å². The molecular formula is C16H18N6O6. The highest BCUT2D eigenvalue weighted by atomic mass is 16.6. The Labute approximate surface area is 158 Å². The molecule has 0 radical (unpaired) electrons. The van der Waals surface area contributed by atoms with Crippen LogP contribution in [-0.2, 0) is 19.8 Å². The maximum atomic E-state index is 13.0. The first kappa shape index (κ1) is 21.1. The number of unbranched alkanes of at least 4 members (excludes halogenated alkanes) is 2. The van der Waals surface area contributed by atoms with E-state index >= 15 is 0 Å². The van der Waals surface area contributed by atoms with Crippen LogP contribution < -0.4 is 5.73 Å². The van der Waals surface area contributed by atoms with Crippen molar-refractivity contribution in [3.63, 3.8) is 0 Å². The number of amides is 2. The first-order valence-corrected chi connectivity index (χ1v) is 8.48. The minimum absolute atomic E-state index is 0.193. The fourth-order valence-electron chi connectivity index (χ4n) is 3.32. The van der Waals surface area contributed by atoms with Gasteiger partial charge in [0.25, 0.3) is 5.69 Å². The van der Waals surface area contributed by atoms with Crippen LogP contribution in [0.4, 0.5) is 5.69 Å². The lowest BCUT2D eigenvalue weighted by molar-refractivity contribution is -0.729. The standard InChI is InChI=1S/C16H18N6O6/c17-9-5-1-2-8-13(23)16(11-6-3-4-7-12(11)21(26)27)10-14(24)22(28,15(16)25)20-19-18/h3-4,6-7H,1-2,5,8-10,17H2. The quantitative estimate of drug-likeness (QED) is 0.0635. The van der Waals surface area contributed by atoms with Crippen molar-refractivity contribution in [1.29, 1.82) is 0 Å². The number of quaternary nitrogens is 1. The molecule has 1 aromatic rings. The maximum Gasteiger partial charge on any atom is 0.355 e. The fourth-order valence-corrected chi connectivity index (χ4v) is 3.32. The monoisotopic (exact) mass is 390 g/mol. The molecule has 148 valence electrons. The third-order valence-electron chi connectivity index (χ3n) is 4.71. The summed E-state index contributed by atoms with van der Waals surface area (Å²) < 4.78 is -2.54. The molecule has 1 aromatic carbocycles. The molecule has 2 N–H and O–H groups in total. The number of Topliss-reactive ketones (excluding diaryl/α,β-unsaturated/α-hetero) is 1. The van der Waals surface area contributed by atoms with Gasteiger partial charge in [0.1, 0.15) is 5.22 Å². The molecule has 12 heteroatoms. The predicted molar refractivity (Wildman–Crippen MR) is 94.7 cm³/mol. The van der Waals surface area contributed by atoms with Gasteiger partial charge in [0.05, 0.1) is 21.8 Å². The van der Waals surface area contributed by atoms with Gasteiger partial charge in [-0.15, -0.1) is 4.76 Å². The fraction of sp³-hybridized carbons (Fsp3) is 0.438. The number of imide groups is 1. The van der Waals surface area contributed by atoms with Crippen molar-refractivity contribution in [2.45, 2.75) is 37.5 Å². The van der Waals surface area contributed by atoms with Gasteiger partial charge in [-0.05, 0) is 19.4 Å². The summed E-state index contributed by atoms with van der Waals surface area (Å²) in [4.78, 5) is 51.2. The number of para-hydroxylation sites is 1. The highest BCUT2D eigenvalue weighted by Crippen LogP contribution is 2.45. The van der Waals surface area contributed by atoms with Gasteiger partial charge in [0.15, 0.2) is 11.2 Å². The molecule has 0 aliphatic carbocycles. The predicted octanol–water partition coefficient (Wildman–Crippen LogP) is 1.92. The van der Waals surface area contributed by atoms with Gasteiger partial charge in [-0.2, -0.15) is 0 Å². The Morgan fingerprint density at radius 1 is 1.32 bits per heavy atom. The van der Waals surface area contributed by atoms with E-state index in [1.807, 2.05) is 0 Å². The van der Waals surface area contributed by atoms with Crippen LogP contribution >= 0.6 is 0 Å². The van der Waals surface area contributed by atoms with Crippen LogP contribution in [0, 0.1) is 15.3 Å². The highest BCUT2D eigenvalue weighted by Gasteiger charge is 2.67. The van der Waals surface area contributed by atoms with E-state index in [1.54, 1.807) is 0 Å². The summed E-state index contributed by atoms with van der Waals surface area (Å²) in [7, 11) is 0. The normalized spacial score (nSPS) is 24.1. The van der Waals surface area contributed by atoms with E-state index in [2.05, 4.69) is 10.1 Å². The number of benzene rings is 1. The number of nitrogens with two attached hydrogens (primary N) is 1. The third kappa shape index (κ3) is 3.37. The highest BCUT2D eigenvalue weighted by molar-refractivity contribution is 6.17. The van der Waals surface area contributed by atoms with Crippen LogP contribution in [0.3, 0.4) is 0 Å². The lowest BCUT2D eigenvalue weighted by Gasteiger charge is -2.28. The van der Waals surface area contributed by atoms with Gasteiger partial charge in [0.2, 0.25) is 0 Å². The second-order valence-corrected chi connectivity index (χ2v) is 6.33. The van der Waals surface area contributed by atoms with Crippen molar-refractivity contribution >= 4 is 23.3 Å². The molecule has 2 atom stereocenters. The van der Waals surface area contributed by atoms with Crippen LogP contribution in [0.15, 0.2) is 29.5 Å². The first-order valence-electron chi connectivity index (χ1n) is 8.48.